The first kappa shape index (κ1) is 103. The van der Waals surface area contributed by atoms with Gasteiger partial charge in [-0.1, -0.05) is 116 Å². The maximum atomic E-state index is 13.8. The fraction of sp³-hybridized carbons (Fsp3) is 0.486. The van der Waals surface area contributed by atoms with E-state index in [1.807, 2.05) is 110 Å². The molecule has 27 nitrogen and oxygen atoms in total. The summed E-state index contributed by atoms with van der Waals surface area (Å²) in [5.74, 6) is -2.28. The van der Waals surface area contributed by atoms with E-state index in [0.717, 1.165) is 45.3 Å². The topological polar surface area (TPSA) is 348 Å². The number of rotatable bonds is 32. The molecule has 0 fully saturated rings. The van der Waals surface area contributed by atoms with Crippen molar-refractivity contribution in [3.8, 4) is 0 Å². The Bertz CT molecular complexity index is 3580. The van der Waals surface area contributed by atoms with Crippen molar-refractivity contribution < 1.29 is 75.7 Å². The Balaban J connectivity index is 0.00000151. The van der Waals surface area contributed by atoms with Crippen molar-refractivity contribution >= 4 is 209 Å². The number of amides is 7. The molecule has 0 bridgehead atoms. The van der Waals surface area contributed by atoms with E-state index < -0.39 is 54.2 Å². The number of ether oxygens (including phenoxy) is 3. The third-order valence-electron chi connectivity index (χ3n) is 15.0. The molecule has 7 rings (SSSR count). The number of esters is 2. The Labute approximate surface area is 724 Å². The van der Waals surface area contributed by atoms with Crippen LogP contribution in [0.3, 0.4) is 0 Å². The van der Waals surface area contributed by atoms with Crippen molar-refractivity contribution in [2.45, 2.75) is 150 Å². The number of benzene rings is 2. The predicted octanol–water partition coefficient (Wildman–Crippen LogP) is 12.3. The molecule has 7 aromatic rings. The van der Waals surface area contributed by atoms with Crippen LogP contribution >= 0.6 is 155 Å². The van der Waals surface area contributed by atoms with Crippen LogP contribution in [0.1, 0.15) is 113 Å². The van der Waals surface area contributed by atoms with E-state index in [1.54, 1.807) is 93.3 Å². The molecule has 0 saturated heterocycles. The van der Waals surface area contributed by atoms with Gasteiger partial charge >= 0.3 is 92.6 Å². The van der Waals surface area contributed by atoms with Crippen molar-refractivity contribution in [3.63, 3.8) is 0 Å². The van der Waals surface area contributed by atoms with Gasteiger partial charge in [0.2, 0.25) is 6.08 Å². The fourth-order valence-corrected chi connectivity index (χ4v) is 12.1. The number of carboxylic acids is 1. The molecule has 0 aliphatic carbocycles. The number of aromatic nitrogens is 5. The molecular formula is C70H99I6N14O13S5-. The van der Waals surface area contributed by atoms with Gasteiger partial charge in [-0.25, -0.2) is 58.3 Å². The van der Waals surface area contributed by atoms with E-state index in [-0.39, 0.29) is 84.1 Å². The van der Waals surface area contributed by atoms with Gasteiger partial charge in [-0.2, -0.15) is 4.99 Å². The van der Waals surface area contributed by atoms with Crippen LogP contribution in [-0.4, -0.2) is 171 Å². The predicted molar refractivity (Wildman–Crippen MR) is 469 cm³/mol. The van der Waals surface area contributed by atoms with Gasteiger partial charge in [-0.15, -0.1) is 80.7 Å². The number of hydrogen-bond acceptors (Lipinski definition) is 24. The molecule has 2 aromatic carbocycles. The van der Waals surface area contributed by atoms with E-state index >= 15 is 0 Å². The van der Waals surface area contributed by atoms with E-state index in [2.05, 4.69) is 153 Å². The molecule has 0 aliphatic heterocycles. The number of thiazole rings is 5. The molecule has 6 N–H and O–H groups in total. The van der Waals surface area contributed by atoms with Crippen LogP contribution in [0.5, 0.6) is 0 Å². The molecule has 108 heavy (non-hydrogen) atoms. The zero-order valence-electron chi connectivity index (χ0n) is 62.6. The summed E-state index contributed by atoms with van der Waals surface area (Å²) in [5, 5.41) is 30.9. The molecule has 0 aliphatic rings. The van der Waals surface area contributed by atoms with Gasteiger partial charge in [0.15, 0.2) is 11.8 Å². The number of alkyl carbamates (subject to hydrolysis) is 1. The SMILES string of the molecule is CC(C)[C@H](NC(=O)N(C)Cc1cscn1)C(=O)C[C@H](CC[C@H](Cc1ccccc1)NC(=O)OCc1cncs1)Cc1ccccc1.CC(C)[C@H](NC(=O)N(C)Cc1cscn1)C(=O)O.CNCc1cscn1.COC(=O)[C@@H](N=C=O)C(C)C.COC(=O)[C@@H](NC(=O)N(C)Cc1cscn1)C(C)C.I.II.I[I-]I. The maximum absolute atomic E-state index is 13.8. The standard InChI is InChI=1S/C35H43N5O4S2.C12H19N3O3S.C11H17N3O3S.C7H11NO3.C5H8N2S.I3.I2.HI/c1-25(2)33(39-34(42)40(3)20-30-22-45-24-37-30)32(41)18-28(16-26-10-6-4-7-11-26)14-15-29(17-27-12-8-5-9-13-27)38-35(43)44-21-31-19-36-23-46-31;1-8(2)10(11(16)18-4)14-12(17)15(3)5-9-6-19-7-13-9;1-7(2)9(10(15)16)13-11(17)14(3)4-8-5-18-6-12-8;1-5(2)6(8-4-9)7(10)11-3;1-6-2-5-3-8-4-7-5;1-3-2;1-2;/h4-13,19,22-25,28-29,33H,14-18,20-21H2,1-3H3,(H,38,43)(H,39,42);6-8,10H,5H2,1-4H3,(H,14,17);5-7,9H,4H2,1-3H3,(H,13,17)(H,15,16);5-6H,1-3H3;3-4,6H,2H2,1H3;;;1H/q;;;;;-1;;/t28-,29-,33+;10-;9-;6-;;;;/m1000..../s1. The van der Waals surface area contributed by atoms with E-state index in [4.69, 9.17) is 9.84 Å². The first-order chi connectivity index (χ1) is 51.1. The summed E-state index contributed by atoms with van der Waals surface area (Å²) in [6.45, 7) is 16.8. The molecule has 38 heteroatoms. The Morgan fingerprint density at radius 1 is 0.583 bits per heavy atom. The zero-order valence-corrected chi connectivity index (χ0v) is 79.8. The molecule has 0 radical (unpaired) electrons. The van der Waals surface area contributed by atoms with Gasteiger partial charge in [0.05, 0.1) is 95.1 Å². The Kier molecular flexibility index (Phi) is 59.4. The number of Topliss-reactive ketones (excluding diaryl/α,β-unsaturated/α-hetero) is 1. The number of hydrogen-bond donors (Lipinski definition) is 6. The van der Waals surface area contributed by atoms with E-state index in [0.29, 0.717) is 65.0 Å². The minimum atomic E-state index is -1.03. The van der Waals surface area contributed by atoms with Crippen LogP contribution in [0.2, 0.25) is 0 Å². The average Bonchev–Trinajstić information content (AvgIpc) is 0.974. The Morgan fingerprint density at radius 2 is 1.00 bits per heavy atom. The van der Waals surface area contributed by atoms with Gasteiger partial charge < -0.3 is 60.6 Å². The zero-order chi connectivity index (χ0) is 80.2. The summed E-state index contributed by atoms with van der Waals surface area (Å²) in [6.07, 6.45) is 5.57. The second-order valence-electron chi connectivity index (χ2n) is 24.8. The molecule has 0 spiro atoms. The molecule has 7 amide bonds. The average molecular weight is 2270 g/mol. The van der Waals surface area contributed by atoms with Crippen molar-refractivity contribution in [3.05, 3.63) is 155 Å². The molecule has 5 heterocycles. The number of halogens is 6. The van der Waals surface area contributed by atoms with Crippen LogP contribution in [0.4, 0.5) is 19.2 Å². The number of carbonyl (C=O) groups is 8. The molecule has 600 valence electrons. The summed E-state index contributed by atoms with van der Waals surface area (Å²) in [6, 6.07) is 16.1. The van der Waals surface area contributed by atoms with Crippen LogP contribution in [0.25, 0.3) is 0 Å². The normalized spacial score (nSPS) is 11.9. The quantitative estimate of drug-likeness (QED) is 0.00750. The van der Waals surface area contributed by atoms with Crippen LogP contribution in [-0.2, 0) is 83.8 Å². The number of nitrogens with one attached hydrogen (secondary N) is 5. The number of ketones is 1. The monoisotopic (exact) mass is 2270 g/mol. The van der Waals surface area contributed by atoms with Gasteiger partial charge in [-0.3, -0.25) is 9.78 Å². The summed E-state index contributed by atoms with van der Waals surface area (Å²) >= 11 is 17.0. The van der Waals surface area contributed by atoms with Crippen LogP contribution in [0.15, 0.2) is 121 Å². The molecular weight excluding hydrogens is 2170 g/mol. The third kappa shape index (κ3) is 45.2. The number of carboxylic acid groups (broad SMARTS) is 1. The summed E-state index contributed by atoms with van der Waals surface area (Å²) < 4.78 is 14.6. The summed E-state index contributed by atoms with van der Waals surface area (Å²) in [7, 11) is 9.45. The molecule has 6 atom stereocenters. The third-order valence-corrected chi connectivity index (χ3v) is 18.3. The van der Waals surface area contributed by atoms with Gasteiger partial charge in [0, 0.05) is 105 Å². The first-order valence-corrected chi connectivity index (χ1v) is 56.7. The number of aliphatic imine (C=N–C) groups is 1. The number of urea groups is 3. The summed E-state index contributed by atoms with van der Waals surface area (Å²) in [5.41, 5.74) is 14.5. The fourth-order valence-electron chi connectivity index (χ4n) is 9.39. The number of isocyanates is 1. The van der Waals surface area contributed by atoms with Gasteiger partial charge in [-0.05, 0) is 73.4 Å². The molecule has 0 saturated carbocycles. The first-order valence-electron chi connectivity index (χ1n) is 33.2. The van der Waals surface area contributed by atoms with Crippen molar-refractivity contribution in [1.29, 1.82) is 0 Å². The van der Waals surface area contributed by atoms with Crippen LogP contribution in [0, 0.1) is 29.6 Å². The summed E-state index contributed by atoms with van der Waals surface area (Å²) in [4.78, 5) is 136. The van der Waals surface area contributed by atoms with Crippen LogP contribution < -0.4 is 39.8 Å². The van der Waals surface area contributed by atoms with E-state index in [1.165, 1.54) is 75.4 Å². The second-order valence-corrected chi connectivity index (χ2v) is 44.8. The number of carbonyl (C=O) groups excluding carboxylic acids is 8. The number of nitrogens with zero attached hydrogens (tertiary/aromatic N) is 9. The minimum absolute atomic E-state index is 0. The Morgan fingerprint density at radius 3 is 1.36 bits per heavy atom. The Hall–Kier alpha value is -4.53. The number of aliphatic carboxylic acids is 1. The van der Waals surface area contributed by atoms with Crippen molar-refractivity contribution in [2.75, 3.05) is 42.4 Å². The second kappa shape index (κ2) is 62.0. The number of methoxy groups -OCH3 is 2. The van der Waals surface area contributed by atoms with Crippen molar-refractivity contribution in [1.82, 2.24) is 66.2 Å². The molecule has 0 unspecified atom stereocenters. The van der Waals surface area contributed by atoms with E-state index in [9.17, 15) is 43.2 Å². The van der Waals surface area contributed by atoms with Gasteiger partial charge in [0.1, 0.15) is 18.7 Å². The van der Waals surface area contributed by atoms with Crippen molar-refractivity contribution in [2.24, 2.45) is 34.6 Å². The van der Waals surface area contributed by atoms with Gasteiger partial charge in [0.25, 0.3) is 0 Å². The molecule has 5 aromatic heterocycles.